The third-order valence-corrected chi connectivity index (χ3v) is 3.63. The highest BCUT2D eigenvalue weighted by molar-refractivity contribution is 5.69. The lowest BCUT2D eigenvalue weighted by atomic mass is 10.2. The number of hydrogen-bond donors (Lipinski definition) is 0. The average Bonchev–Trinajstić information content (AvgIpc) is 2.53. The second kappa shape index (κ2) is 7.19. The first-order valence-electron chi connectivity index (χ1n) is 7.08. The molecule has 2 heterocycles. The number of piperazine rings is 1. The summed E-state index contributed by atoms with van der Waals surface area (Å²) in [5.74, 6) is 0.861. The highest BCUT2D eigenvalue weighted by Crippen LogP contribution is 2.14. The van der Waals surface area contributed by atoms with E-state index in [0.717, 1.165) is 50.7 Å². The number of nitrogens with zero attached hydrogens (tertiary/aromatic N) is 4. The number of aryl methyl sites for hydroxylation is 1. The maximum Gasteiger partial charge on any atom is 0.306 e. The fraction of sp³-hybridized carbons (Fsp3) is 0.643. The van der Waals surface area contributed by atoms with Crippen molar-refractivity contribution in [2.45, 2.75) is 19.8 Å². The van der Waals surface area contributed by atoms with Crippen molar-refractivity contribution in [1.29, 1.82) is 0 Å². The molecule has 20 heavy (non-hydrogen) atoms. The van der Waals surface area contributed by atoms with Crippen LogP contribution in [0.25, 0.3) is 0 Å². The Morgan fingerprint density at radius 1 is 1.30 bits per heavy atom. The monoisotopic (exact) mass is 278 g/mol. The Hall–Kier alpha value is -1.69. The van der Waals surface area contributed by atoms with Gasteiger partial charge >= 0.3 is 5.97 Å². The van der Waals surface area contributed by atoms with Gasteiger partial charge in [0.1, 0.15) is 12.1 Å². The highest BCUT2D eigenvalue weighted by Gasteiger charge is 2.18. The van der Waals surface area contributed by atoms with E-state index in [4.69, 9.17) is 0 Å². The van der Waals surface area contributed by atoms with Gasteiger partial charge in [0.15, 0.2) is 0 Å². The van der Waals surface area contributed by atoms with Crippen LogP contribution in [-0.4, -0.2) is 60.7 Å². The van der Waals surface area contributed by atoms with Crippen LogP contribution in [0.2, 0.25) is 0 Å². The van der Waals surface area contributed by atoms with Gasteiger partial charge in [-0.2, -0.15) is 0 Å². The van der Waals surface area contributed by atoms with Crippen molar-refractivity contribution in [2.24, 2.45) is 0 Å². The van der Waals surface area contributed by atoms with Crippen molar-refractivity contribution in [2.75, 3.05) is 44.7 Å². The van der Waals surface area contributed by atoms with Gasteiger partial charge in [0.2, 0.25) is 0 Å². The van der Waals surface area contributed by atoms with E-state index in [1.165, 1.54) is 7.11 Å². The number of anilines is 1. The lowest BCUT2D eigenvalue weighted by Crippen LogP contribution is -2.47. The minimum Gasteiger partial charge on any atom is -0.469 e. The zero-order valence-electron chi connectivity index (χ0n) is 12.2. The van der Waals surface area contributed by atoms with Crippen molar-refractivity contribution < 1.29 is 9.53 Å². The molecule has 0 unspecified atom stereocenters. The molecule has 0 bridgehead atoms. The standard InChI is InChI=1S/C14H22N4O2/c1-3-12-10-13(16-11-15-12)18-8-6-17(7-9-18)5-4-14(19)20-2/h10-11H,3-9H2,1-2H3. The lowest BCUT2D eigenvalue weighted by molar-refractivity contribution is -0.141. The van der Waals surface area contributed by atoms with Gasteiger partial charge in [-0.05, 0) is 6.42 Å². The number of carbonyl (C=O) groups excluding carboxylic acids is 1. The predicted molar refractivity (Wildman–Crippen MR) is 76.7 cm³/mol. The third kappa shape index (κ3) is 3.90. The van der Waals surface area contributed by atoms with Crippen molar-refractivity contribution in [1.82, 2.24) is 14.9 Å². The Morgan fingerprint density at radius 3 is 2.70 bits per heavy atom. The van der Waals surface area contributed by atoms with Gasteiger partial charge in [0.05, 0.1) is 13.5 Å². The van der Waals surface area contributed by atoms with E-state index in [2.05, 4.69) is 37.5 Å². The van der Waals surface area contributed by atoms with Gasteiger partial charge in [0.25, 0.3) is 0 Å². The maximum atomic E-state index is 11.1. The van der Waals surface area contributed by atoms with E-state index in [9.17, 15) is 4.79 Å². The van der Waals surface area contributed by atoms with Gasteiger partial charge in [-0.1, -0.05) is 6.92 Å². The summed E-state index contributed by atoms with van der Waals surface area (Å²) in [4.78, 5) is 24.3. The second-order valence-corrected chi connectivity index (χ2v) is 4.88. The number of rotatable bonds is 5. The van der Waals surface area contributed by atoms with Crippen LogP contribution in [-0.2, 0) is 16.0 Å². The minimum atomic E-state index is -0.143. The molecule has 0 amide bonds. The van der Waals surface area contributed by atoms with Crippen LogP contribution in [0.5, 0.6) is 0 Å². The van der Waals surface area contributed by atoms with Gasteiger partial charge in [0, 0.05) is 44.5 Å². The zero-order valence-corrected chi connectivity index (χ0v) is 12.2. The van der Waals surface area contributed by atoms with E-state index < -0.39 is 0 Å². The van der Waals surface area contributed by atoms with Crippen LogP contribution in [0.1, 0.15) is 19.0 Å². The smallest absolute Gasteiger partial charge is 0.306 e. The number of aromatic nitrogens is 2. The van der Waals surface area contributed by atoms with Gasteiger partial charge in [-0.25, -0.2) is 9.97 Å². The summed E-state index contributed by atoms with van der Waals surface area (Å²) in [5.41, 5.74) is 1.07. The number of ether oxygens (including phenoxy) is 1. The van der Waals surface area contributed by atoms with Crippen molar-refractivity contribution in [3.05, 3.63) is 18.1 Å². The van der Waals surface area contributed by atoms with E-state index in [1.54, 1.807) is 6.33 Å². The first kappa shape index (κ1) is 14.7. The molecule has 0 aliphatic carbocycles. The number of carbonyl (C=O) groups is 1. The first-order valence-corrected chi connectivity index (χ1v) is 7.08. The van der Waals surface area contributed by atoms with Gasteiger partial charge in [-0.15, -0.1) is 0 Å². The summed E-state index contributed by atoms with van der Waals surface area (Å²) in [7, 11) is 1.43. The minimum absolute atomic E-state index is 0.143. The number of hydrogen-bond acceptors (Lipinski definition) is 6. The molecule has 1 aromatic heterocycles. The van der Waals surface area contributed by atoms with Crippen LogP contribution in [0.15, 0.2) is 12.4 Å². The van der Waals surface area contributed by atoms with Crippen LogP contribution in [0.4, 0.5) is 5.82 Å². The average molecular weight is 278 g/mol. The topological polar surface area (TPSA) is 58.6 Å². The normalized spacial score (nSPS) is 16.2. The van der Waals surface area contributed by atoms with Crippen LogP contribution < -0.4 is 4.90 Å². The molecule has 2 rings (SSSR count). The second-order valence-electron chi connectivity index (χ2n) is 4.88. The fourth-order valence-corrected chi connectivity index (χ4v) is 2.30. The highest BCUT2D eigenvalue weighted by atomic mass is 16.5. The quantitative estimate of drug-likeness (QED) is 0.740. The molecule has 1 aromatic rings. The van der Waals surface area contributed by atoms with E-state index >= 15 is 0 Å². The molecule has 0 spiro atoms. The zero-order chi connectivity index (χ0) is 14.4. The molecule has 6 nitrogen and oxygen atoms in total. The van der Waals surface area contributed by atoms with E-state index in [0.29, 0.717) is 6.42 Å². The molecule has 1 fully saturated rings. The number of methoxy groups -OCH3 is 1. The maximum absolute atomic E-state index is 11.1. The van der Waals surface area contributed by atoms with Crippen LogP contribution in [0.3, 0.4) is 0 Å². The van der Waals surface area contributed by atoms with Crippen molar-refractivity contribution >= 4 is 11.8 Å². The lowest BCUT2D eigenvalue weighted by Gasteiger charge is -2.35. The SMILES string of the molecule is CCc1cc(N2CCN(CCC(=O)OC)CC2)ncn1. The Balaban J connectivity index is 1.83. The Morgan fingerprint density at radius 2 is 2.05 bits per heavy atom. The summed E-state index contributed by atoms with van der Waals surface area (Å²) >= 11 is 0. The fourth-order valence-electron chi connectivity index (χ4n) is 2.30. The summed E-state index contributed by atoms with van der Waals surface area (Å²) in [6.07, 6.45) is 3.02. The largest absolute Gasteiger partial charge is 0.469 e. The van der Waals surface area contributed by atoms with Crippen LogP contribution >= 0.6 is 0 Å². The number of esters is 1. The molecule has 1 aliphatic rings. The molecule has 0 N–H and O–H groups in total. The first-order chi connectivity index (χ1) is 9.72. The van der Waals surface area contributed by atoms with Crippen molar-refractivity contribution in [3.8, 4) is 0 Å². The summed E-state index contributed by atoms with van der Waals surface area (Å²) in [6, 6.07) is 2.06. The molecule has 1 aliphatic heterocycles. The molecular weight excluding hydrogens is 256 g/mol. The summed E-state index contributed by atoms with van der Waals surface area (Å²) in [5, 5.41) is 0. The molecule has 0 atom stereocenters. The molecule has 6 heteroatoms. The van der Waals surface area contributed by atoms with E-state index in [1.807, 2.05) is 0 Å². The molecule has 110 valence electrons. The Bertz CT molecular complexity index is 445. The van der Waals surface area contributed by atoms with Gasteiger partial charge in [-0.3, -0.25) is 9.69 Å². The van der Waals surface area contributed by atoms with Gasteiger partial charge < -0.3 is 9.64 Å². The predicted octanol–water partition coefficient (Wildman–Crippen LogP) is 0.724. The summed E-state index contributed by atoms with van der Waals surface area (Å²) in [6.45, 7) is 6.62. The Labute approximate surface area is 119 Å². The Kier molecular flexibility index (Phi) is 5.29. The van der Waals surface area contributed by atoms with Crippen LogP contribution in [0, 0.1) is 0 Å². The summed E-state index contributed by atoms with van der Waals surface area (Å²) < 4.78 is 4.66. The van der Waals surface area contributed by atoms with Crippen molar-refractivity contribution in [3.63, 3.8) is 0 Å². The molecule has 0 aromatic carbocycles. The molecule has 0 radical (unpaired) electrons. The molecule has 0 saturated carbocycles. The molecular formula is C14H22N4O2. The third-order valence-electron chi connectivity index (χ3n) is 3.63. The molecule has 1 saturated heterocycles. The van der Waals surface area contributed by atoms with E-state index in [-0.39, 0.29) is 5.97 Å².